The summed E-state index contributed by atoms with van der Waals surface area (Å²) in [6, 6.07) is 5.77. The fraction of sp³-hybridized carbons (Fsp3) is 0.111. The Morgan fingerprint density at radius 3 is 2.73 bits per heavy atom. The van der Waals surface area contributed by atoms with Crippen LogP contribution in [0.1, 0.15) is 5.56 Å². The highest BCUT2D eigenvalue weighted by Gasteiger charge is 2.00. The average Bonchev–Trinajstić information content (AvgIpc) is 2.04. The molecule has 0 aliphatic carbocycles. The fourth-order valence-corrected chi connectivity index (χ4v) is 1.46. The van der Waals surface area contributed by atoms with Gasteiger partial charge in [0.2, 0.25) is 0 Å². The first-order valence-electron chi connectivity index (χ1n) is 3.22. The van der Waals surface area contributed by atoms with Gasteiger partial charge in [0.15, 0.2) is 0 Å². The number of para-hydroxylation sites is 1. The van der Waals surface area contributed by atoms with Crippen LogP contribution in [0.15, 0.2) is 22.7 Å². The van der Waals surface area contributed by atoms with Crippen molar-refractivity contribution in [2.24, 2.45) is 0 Å². The van der Waals surface area contributed by atoms with Gasteiger partial charge in [-0.1, -0.05) is 12.0 Å². The summed E-state index contributed by atoms with van der Waals surface area (Å²) in [4.78, 5) is 0. The number of halogens is 1. The third kappa shape index (κ3) is 1.55. The lowest BCUT2D eigenvalue weighted by Crippen LogP contribution is -1.92. The van der Waals surface area contributed by atoms with Crippen LogP contribution < -0.4 is 5.32 Å². The lowest BCUT2D eigenvalue weighted by molar-refractivity contribution is 1.46. The summed E-state index contributed by atoms with van der Waals surface area (Å²) in [5, 5.41) is 3.03. The Bertz CT molecular complexity index is 299. The maximum atomic E-state index is 5.28. The van der Waals surface area contributed by atoms with E-state index in [4.69, 9.17) is 6.42 Å². The molecule has 56 valence electrons. The number of rotatable bonds is 1. The van der Waals surface area contributed by atoms with E-state index < -0.39 is 0 Å². The topological polar surface area (TPSA) is 12.0 Å². The zero-order valence-corrected chi connectivity index (χ0v) is 7.77. The predicted octanol–water partition coefficient (Wildman–Crippen LogP) is 2.47. The summed E-state index contributed by atoms with van der Waals surface area (Å²) in [7, 11) is 1.85. The molecule has 1 N–H and O–H groups in total. The van der Waals surface area contributed by atoms with Crippen molar-refractivity contribution in [2.45, 2.75) is 0 Å². The largest absolute Gasteiger partial charge is 0.386 e. The molecule has 0 amide bonds. The first-order chi connectivity index (χ1) is 5.29. The summed E-state index contributed by atoms with van der Waals surface area (Å²) in [6.45, 7) is 0. The van der Waals surface area contributed by atoms with E-state index in [1.54, 1.807) is 0 Å². The van der Waals surface area contributed by atoms with E-state index in [0.717, 1.165) is 15.7 Å². The molecule has 0 saturated heterocycles. The second kappa shape index (κ2) is 3.45. The van der Waals surface area contributed by atoms with E-state index in [-0.39, 0.29) is 0 Å². The van der Waals surface area contributed by atoms with Crippen LogP contribution in [0.5, 0.6) is 0 Å². The highest BCUT2D eigenvalue weighted by molar-refractivity contribution is 9.10. The van der Waals surface area contributed by atoms with Crippen LogP contribution in [0.2, 0.25) is 0 Å². The molecule has 1 nitrogen and oxygen atoms in total. The van der Waals surface area contributed by atoms with Gasteiger partial charge in [-0.2, -0.15) is 0 Å². The average molecular weight is 210 g/mol. The highest BCUT2D eigenvalue weighted by atomic mass is 79.9. The summed E-state index contributed by atoms with van der Waals surface area (Å²) in [5.41, 5.74) is 1.84. The van der Waals surface area contributed by atoms with Gasteiger partial charge in [0.05, 0.1) is 5.69 Å². The molecule has 1 aromatic rings. The number of hydrogen-bond donors (Lipinski definition) is 1. The van der Waals surface area contributed by atoms with Crippen molar-refractivity contribution in [1.29, 1.82) is 0 Å². The zero-order valence-electron chi connectivity index (χ0n) is 6.19. The van der Waals surface area contributed by atoms with Gasteiger partial charge in [0.25, 0.3) is 0 Å². The number of nitrogens with one attached hydrogen (secondary N) is 1. The van der Waals surface area contributed by atoms with Crippen molar-refractivity contribution in [3.05, 3.63) is 28.2 Å². The number of hydrogen-bond acceptors (Lipinski definition) is 1. The van der Waals surface area contributed by atoms with Gasteiger partial charge in [0.1, 0.15) is 0 Å². The number of benzene rings is 1. The molecule has 1 aromatic carbocycles. The summed E-state index contributed by atoms with van der Waals surface area (Å²) in [6.07, 6.45) is 5.28. The first kappa shape index (κ1) is 8.16. The Balaban J connectivity index is 3.27. The molecule has 0 bridgehead atoms. The van der Waals surface area contributed by atoms with Gasteiger partial charge in [-0.15, -0.1) is 6.42 Å². The molecular formula is C9H8BrN. The molecule has 11 heavy (non-hydrogen) atoms. The third-order valence-corrected chi connectivity index (χ3v) is 2.08. The van der Waals surface area contributed by atoms with Crippen molar-refractivity contribution >= 4 is 21.6 Å². The zero-order chi connectivity index (χ0) is 8.27. The van der Waals surface area contributed by atoms with Crippen LogP contribution in [0.3, 0.4) is 0 Å². The maximum Gasteiger partial charge on any atom is 0.0640 e. The monoisotopic (exact) mass is 209 g/mol. The number of terminal acetylenes is 1. The molecule has 0 fully saturated rings. The summed E-state index contributed by atoms with van der Waals surface area (Å²) >= 11 is 3.39. The molecule has 0 spiro atoms. The van der Waals surface area contributed by atoms with Crippen LogP contribution in [0.25, 0.3) is 0 Å². The van der Waals surface area contributed by atoms with Crippen molar-refractivity contribution in [3.63, 3.8) is 0 Å². The molecular weight excluding hydrogens is 202 g/mol. The van der Waals surface area contributed by atoms with E-state index in [1.807, 2.05) is 25.2 Å². The fourth-order valence-electron chi connectivity index (χ4n) is 0.899. The molecule has 0 saturated carbocycles. The van der Waals surface area contributed by atoms with Gasteiger partial charge >= 0.3 is 0 Å². The smallest absolute Gasteiger partial charge is 0.0640 e. The van der Waals surface area contributed by atoms with E-state index >= 15 is 0 Å². The van der Waals surface area contributed by atoms with Gasteiger partial charge in [-0.05, 0) is 28.1 Å². The summed E-state index contributed by atoms with van der Waals surface area (Å²) in [5.74, 6) is 2.59. The molecule has 1 rings (SSSR count). The highest BCUT2D eigenvalue weighted by Crippen LogP contribution is 2.24. The molecule has 0 heterocycles. The normalized spacial score (nSPS) is 8.82. The van der Waals surface area contributed by atoms with Crippen molar-refractivity contribution in [3.8, 4) is 12.3 Å². The van der Waals surface area contributed by atoms with Gasteiger partial charge in [0, 0.05) is 17.1 Å². The SMILES string of the molecule is C#Cc1cccc(Br)c1NC. The predicted molar refractivity (Wildman–Crippen MR) is 51.6 cm³/mol. The Morgan fingerprint density at radius 2 is 2.27 bits per heavy atom. The van der Waals surface area contributed by atoms with Crippen molar-refractivity contribution in [2.75, 3.05) is 12.4 Å². The van der Waals surface area contributed by atoms with Crippen molar-refractivity contribution < 1.29 is 0 Å². The third-order valence-electron chi connectivity index (χ3n) is 1.42. The van der Waals surface area contributed by atoms with E-state index in [9.17, 15) is 0 Å². The van der Waals surface area contributed by atoms with Crippen LogP contribution in [0, 0.1) is 12.3 Å². The molecule has 0 aliphatic rings. The van der Waals surface area contributed by atoms with E-state index in [1.165, 1.54) is 0 Å². The lowest BCUT2D eigenvalue weighted by Gasteiger charge is -2.04. The lowest BCUT2D eigenvalue weighted by atomic mass is 10.2. The quantitative estimate of drug-likeness (QED) is 0.702. The minimum absolute atomic E-state index is 0.877. The Morgan fingerprint density at radius 1 is 1.55 bits per heavy atom. The van der Waals surface area contributed by atoms with E-state index in [2.05, 4.69) is 27.2 Å². The van der Waals surface area contributed by atoms with E-state index in [0.29, 0.717) is 0 Å². The number of anilines is 1. The minimum Gasteiger partial charge on any atom is -0.386 e. The van der Waals surface area contributed by atoms with Gasteiger partial charge < -0.3 is 5.32 Å². The standard InChI is InChI=1S/C9H8BrN/c1-3-7-5-4-6-8(10)9(7)11-2/h1,4-6,11H,2H3. The Labute approximate surface area is 74.9 Å². The maximum absolute atomic E-state index is 5.28. The molecule has 2 heteroatoms. The molecule has 0 atom stereocenters. The van der Waals surface area contributed by atoms with Crippen LogP contribution >= 0.6 is 15.9 Å². The molecule has 0 radical (unpaired) electrons. The minimum atomic E-state index is 0.877. The Hall–Kier alpha value is -0.940. The molecule has 0 unspecified atom stereocenters. The second-order valence-electron chi connectivity index (χ2n) is 2.06. The molecule has 0 aromatic heterocycles. The summed E-state index contributed by atoms with van der Waals surface area (Å²) < 4.78 is 0.996. The van der Waals surface area contributed by atoms with Crippen LogP contribution in [0.4, 0.5) is 5.69 Å². The molecule has 0 aliphatic heterocycles. The Kier molecular flexibility index (Phi) is 2.56. The van der Waals surface area contributed by atoms with Gasteiger partial charge in [-0.3, -0.25) is 0 Å². The first-order valence-corrected chi connectivity index (χ1v) is 4.01. The second-order valence-corrected chi connectivity index (χ2v) is 2.91. The van der Waals surface area contributed by atoms with Crippen molar-refractivity contribution in [1.82, 2.24) is 0 Å². The van der Waals surface area contributed by atoms with Crippen LogP contribution in [-0.4, -0.2) is 7.05 Å². The van der Waals surface area contributed by atoms with Crippen LogP contribution in [-0.2, 0) is 0 Å². The van der Waals surface area contributed by atoms with Gasteiger partial charge in [-0.25, -0.2) is 0 Å².